The molecule has 0 radical (unpaired) electrons. The average molecular weight is 377 g/mol. The number of ether oxygens (including phenoxy) is 1. The second-order valence-electron chi connectivity index (χ2n) is 6.02. The number of hydrogen-bond acceptors (Lipinski definition) is 4. The van der Waals surface area contributed by atoms with E-state index < -0.39 is 0 Å². The minimum absolute atomic E-state index is 0.0533. The molecule has 1 aliphatic heterocycles. The molecule has 0 fully saturated rings. The number of nitrogens with one attached hydrogen (secondary N) is 1. The van der Waals surface area contributed by atoms with Crippen LogP contribution in [0.3, 0.4) is 0 Å². The van der Waals surface area contributed by atoms with Gasteiger partial charge in [-0.05, 0) is 54.3 Å². The van der Waals surface area contributed by atoms with Crippen molar-refractivity contribution >= 4 is 15.9 Å². The van der Waals surface area contributed by atoms with E-state index in [0.29, 0.717) is 5.75 Å². The van der Waals surface area contributed by atoms with Crippen molar-refractivity contribution in [1.29, 1.82) is 0 Å². The van der Waals surface area contributed by atoms with Crippen molar-refractivity contribution < 1.29 is 9.84 Å². The van der Waals surface area contributed by atoms with Crippen LogP contribution in [0.5, 0.6) is 11.5 Å². The molecule has 0 amide bonds. The molecule has 2 aromatic rings. The zero-order valence-corrected chi connectivity index (χ0v) is 15.1. The summed E-state index contributed by atoms with van der Waals surface area (Å²) in [6.45, 7) is 2.14. The van der Waals surface area contributed by atoms with Crippen LogP contribution in [-0.4, -0.2) is 30.3 Å². The van der Waals surface area contributed by atoms with Gasteiger partial charge in [0.05, 0.1) is 13.2 Å². The van der Waals surface area contributed by atoms with E-state index in [4.69, 9.17) is 4.74 Å². The van der Waals surface area contributed by atoms with E-state index in [0.717, 1.165) is 22.0 Å². The number of phenols is 1. The van der Waals surface area contributed by atoms with Gasteiger partial charge in [0.25, 0.3) is 0 Å². The van der Waals surface area contributed by atoms with Gasteiger partial charge in [-0.3, -0.25) is 5.43 Å². The first-order valence-corrected chi connectivity index (χ1v) is 8.43. The summed E-state index contributed by atoms with van der Waals surface area (Å²) in [6, 6.07) is 12.5. The Hall–Kier alpha value is -1.56. The maximum Gasteiger partial charge on any atom is 0.160 e. The first-order chi connectivity index (χ1) is 11.0. The highest BCUT2D eigenvalue weighted by Gasteiger charge is 2.28. The zero-order valence-electron chi connectivity index (χ0n) is 13.5. The summed E-state index contributed by atoms with van der Waals surface area (Å²) >= 11 is 3.49. The predicted molar refractivity (Wildman–Crippen MR) is 94.7 cm³/mol. The molecule has 0 bridgehead atoms. The fourth-order valence-corrected chi connectivity index (χ4v) is 3.54. The predicted octanol–water partition coefficient (Wildman–Crippen LogP) is 3.63. The van der Waals surface area contributed by atoms with Crippen molar-refractivity contribution in [2.45, 2.75) is 25.4 Å². The second kappa shape index (κ2) is 6.51. The summed E-state index contributed by atoms with van der Waals surface area (Å²) in [5, 5.41) is 12.3. The molecular weight excluding hydrogens is 356 g/mol. The number of fused-ring (bicyclic) bond motifs is 1. The van der Waals surface area contributed by atoms with Crippen LogP contribution in [0, 0.1) is 0 Å². The van der Waals surface area contributed by atoms with Gasteiger partial charge >= 0.3 is 0 Å². The number of methoxy groups -OCH3 is 1. The van der Waals surface area contributed by atoms with Crippen LogP contribution in [0.2, 0.25) is 0 Å². The van der Waals surface area contributed by atoms with E-state index in [1.54, 1.807) is 7.11 Å². The van der Waals surface area contributed by atoms with Gasteiger partial charge in [-0.15, -0.1) is 0 Å². The van der Waals surface area contributed by atoms with Gasteiger partial charge < -0.3 is 9.84 Å². The first-order valence-electron chi connectivity index (χ1n) is 7.64. The van der Waals surface area contributed by atoms with Gasteiger partial charge in [0.1, 0.15) is 0 Å². The number of hydrogen-bond donors (Lipinski definition) is 2. The molecule has 2 N–H and O–H groups in total. The van der Waals surface area contributed by atoms with E-state index in [9.17, 15) is 5.11 Å². The quantitative estimate of drug-likeness (QED) is 0.839. The molecule has 0 aliphatic carbocycles. The van der Waals surface area contributed by atoms with Crippen molar-refractivity contribution in [3.63, 3.8) is 0 Å². The lowest BCUT2D eigenvalue weighted by Gasteiger charge is -2.29. The van der Waals surface area contributed by atoms with Crippen LogP contribution in [0.1, 0.15) is 29.7 Å². The van der Waals surface area contributed by atoms with Crippen molar-refractivity contribution in [1.82, 2.24) is 10.4 Å². The molecule has 1 heterocycles. The highest BCUT2D eigenvalue weighted by molar-refractivity contribution is 9.10. The third-order valence-electron chi connectivity index (χ3n) is 4.26. The molecule has 2 unspecified atom stereocenters. The Kier molecular flexibility index (Phi) is 4.62. The lowest BCUT2D eigenvalue weighted by atomic mass is 9.92. The Balaban J connectivity index is 2.16. The van der Waals surface area contributed by atoms with E-state index in [1.165, 1.54) is 5.56 Å². The number of hydrazine groups is 1. The summed E-state index contributed by atoms with van der Waals surface area (Å²) in [6.07, 6.45) is 0.851. The molecular formula is C18H21BrN2O2. The fraction of sp³-hybridized carbons (Fsp3) is 0.333. The molecule has 2 aromatic carbocycles. The fourth-order valence-electron chi connectivity index (χ4n) is 3.28. The molecule has 0 spiro atoms. The maximum absolute atomic E-state index is 10.1. The number of benzene rings is 2. The van der Waals surface area contributed by atoms with E-state index in [1.807, 2.05) is 12.1 Å². The Bertz CT molecular complexity index is 703. The van der Waals surface area contributed by atoms with Gasteiger partial charge in [0, 0.05) is 17.6 Å². The second-order valence-corrected chi connectivity index (χ2v) is 6.94. The molecule has 4 nitrogen and oxygen atoms in total. The minimum Gasteiger partial charge on any atom is -0.504 e. The monoisotopic (exact) mass is 376 g/mol. The summed E-state index contributed by atoms with van der Waals surface area (Å²) in [4.78, 5) is 0. The number of aromatic hydroxyl groups is 1. The number of rotatable bonds is 2. The third kappa shape index (κ3) is 3.22. The van der Waals surface area contributed by atoms with E-state index >= 15 is 0 Å². The Morgan fingerprint density at radius 1 is 1.26 bits per heavy atom. The van der Waals surface area contributed by atoms with Crippen LogP contribution in [0.15, 0.2) is 40.9 Å². The van der Waals surface area contributed by atoms with Crippen LogP contribution >= 0.6 is 15.9 Å². The smallest absolute Gasteiger partial charge is 0.160 e. The molecule has 122 valence electrons. The lowest BCUT2D eigenvalue weighted by Crippen LogP contribution is -2.42. The summed E-state index contributed by atoms with van der Waals surface area (Å²) in [7, 11) is 3.63. The van der Waals surface area contributed by atoms with E-state index in [2.05, 4.69) is 64.6 Å². The van der Waals surface area contributed by atoms with Crippen LogP contribution in [0.25, 0.3) is 0 Å². The van der Waals surface area contributed by atoms with Crippen molar-refractivity contribution in [3.8, 4) is 11.5 Å². The first kappa shape index (κ1) is 16.3. The maximum atomic E-state index is 10.1. The number of phenolic OH excluding ortho intramolecular Hbond substituents is 1. The molecule has 23 heavy (non-hydrogen) atoms. The van der Waals surface area contributed by atoms with Gasteiger partial charge in [-0.25, -0.2) is 5.01 Å². The highest BCUT2D eigenvalue weighted by Crippen LogP contribution is 2.38. The summed E-state index contributed by atoms with van der Waals surface area (Å²) in [5.41, 5.74) is 6.99. The van der Waals surface area contributed by atoms with Crippen LogP contribution in [0.4, 0.5) is 0 Å². The Labute approximate surface area is 145 Å². The van der Waals surface area contributed by atoms with Crippen molar-refractivity contribution in [2.75, 3.05) is 14.2 Å². The van der Waals surface area contributed by atoms with Gasteiger partial charge in [-0.2, -0.15) is 0 Å². The normalized spacial score (nSPS) is 21.6. The summed E-state index contributed by atoms with van der Waals surface area (Å²) < 4.78 is 6.38. The van der Waals surface area contributed by atoms with Crippen molar-refractivity contribution in [3.05, 3.63) is 57.6 Å². The van der Waals surface area contributed by atoms with Gasteiger partial charge in [0.2, 0.25) is 0 Å². The number of nitrogens with zero attached hydrogens (tertiary/aromatic N) is 1. The lowest BCUT2D eigenvalue weighted by molar-refractivity contribution is 0.172. The molecule has 3 rings (SSSR count). The molecule has 0 saturated carbocycles. The SMILES string of the molecule is COc1cc2c(cc1O)CC(C)NN(C)C2c1ccc(Br)cc1. The summed E-state index contributed by atoms with van der Waals surface area (Å²) in [5.74, 6) is 0.700. The zero-order chi connectivity index (χ0) is 16.6. The highest BCUT2D eigenvalue weighted by atomic mass is 79.9. The average Bonchev–Trinajstić information content (AvgIpc) is 2.62. The molecule has 0 saturated heterocycles. The molecule has 1 aliphatic rings. The van der Waals surface area contributed by atoms with E-state index in [-0.39, 0.29) is 17.8 Å². The largest absolute Gasteiger partial charge is 0.504 e. The Morgan fingerprint density at radius 2 is 1.96 bits per heavy atom. The minimum atomic E-state index is 0.0533. The molecule has 0 aromatic heterocycles. The standard InChI is InChI=1S/C18H21BrN2O2/c1-11-8-13-9-16(22)17(23-3)10-15(13)18(21(2)20-11)12-4-6-14(19)7-5-12/h4-7,9-11,18,20,22H,8H2,1-3H3. The molecule has 2 atom stereocenters. The topological polar surface area (TPSA) is 44.7 Å². The number of halogens is 1. The Morgan fingerprint density at radius 3 is 2.61 bits per heavy atom. The van der Waals surface area contributed by atoms with Crippen LogP contribution < -0.4 is 10.2 Å². The van der Waals surface area contributed by atoms with Gasteiger partial charge in [0.15, 0.2) is 11.5 Å². The van der Waals surface area contributed by atoms with Gasteiger partial charge in [-0.1, -0.05) is 28.1 Å². The van der Waals surface area contributed by atoms with Crippen LogP contribution in [-0.2, 0) is 6.42 Å². The molecule has 5 heteroatoms. The van der Waals surface area contributed by atoms with Crippen molar-refractivity contribution in [2.24, 2.45) is 0 Å². The third-order valence-corrected chi connectivity index (χ3v) is 4.79.